The van der Waals surface area contributed by atoms with Gasteiger partial charge in [0.25, 0.3) is 10.8 Å². The van der Waals surface area contributed by atoms with Crippen LogP contribution in [0.1, 0.15) is 5.56 Å². The number of anilines is 1. The maximum atomic E-state index is 13.0. The third kappa shape index (κ3) is 4.13. The van der Waals surface area contributed by atoms with Crippen molar-refractivity contribution in [3.8, 4) is 11.3 Å². The summed E-state index contributed by atoms with van der Waals surface area (Å²) in [5.41, 5.74) is 2.58. The molecule has 25 heavy (non-hydrogen) atoms. The summed E-state index contributed by atoms with van der Waals surface area (Å²) in [5.74, 6) is -0.328. The van der Waals surface area contributed by atoms with Crippen LogP contribution in [0.5, 0.6) is 0 Å². The predicted molar refractivity (Wildman–Crippen MR) is 97.3 cm³/mol. The zero-order chi connectivity index (χ0) is 17.8. The minimum Gasteiger partial charge on any atom is -0.299 e. The van der Waals surface area contributed by atoms with Crippen molar-refractivity contribution in [2.75, 3.05) is 4.90 Å². The lowest BCUT2D eigenvalue weighted by atomic mass is 10.1. The molecule has 0 aliphatic rings. The summed E-state index contributed by atoms with van der Waals surface area (Å²) in [6, 6.07) is 16.1. The van der Waals surface area contributed by atoms with Crippen molar-refractivity contribution in [1.82, 2.24) is 10.2 Å². The average Bonchev–Trinajstić information content (AvgIpc) is 2.62. The van der Waals surface area contributed by atoms with Gasteiger partial charge in [-0.05, 0) is 35.9 Å². The van der Waals surface area contributed by atoms with E-state index in [0.717, 1.165) is 11.1 Å². The van der Waals surface area contributed by atoms with E-state index in [1.165, 1.54) is 23.1 Å². The van der Waals surface area contributed by atoms with E-state index in [2.05, 4.69) is 22.8 Å². The number of aromatic amines is 1. The Labute approximate surface area is 148 Å². The second-order valence-corrected chi connectivity index (χ2v) is 5.73. The number of rotatable bonds is 4. The third-order valence-corrected chi connectivity index (χ3v) is 3.88. The lowest BCUT2D eigenvalue weighted by Crippen LogP contribution is -2.25. The second-order valence-electron chi connectivity index (χ2n) is 5.35. The van der Waals surface area contributed by atoms with Gasteiger partial charge in [-0.2, -0.15) is 5.10 Å². The summed E-state index contributed by atoms with van der Waals surface area (Å²) in [6.45, 7) is 0.277. The van der Waals surface area contributed by atoms with Gasteiger partial charge >= 0.3 is 0 Å². The van der Waals surface area contributed by atoms with E-state index in [9.17, 15) is 14.0 Å². The van der Waals surface area contributed by atoms with Gasteiger partial charge in [0.15, 0.2) is 0 Å². The largest absolute Gasteiger partial charge is 0.299 e. The number of amides is 1. The molecule has 0 aliphatic carbocycles. The van der Waals surface area contributed by atoms with Crippen molar-refractivity contribution in [3.63, 3.8) is 0 Å². The van der Waals surface area contributed by atoms with Gasteiger partial charge in [-0.25, -0.2) is 9.49 Å². The lowest BCUT2D eigenvalue weighted by Gasteiger charge is -2.21. The Morgan fingerprint density at radius 2 is 1.72 bits per heavy atom. The molecule has 0 atom stereocenters. The normalized spacial score (nSPS) is 10.5. The number of carbonyl (C=O) groups excluding carboxylic acids is 1. The number of thiol groups is 1. The molecular formula is C18H14FN3O2S. The van der Waals surface area contributed by atoms with E-state index in [4.69, 9.17) is 0 Å². The van der Waals surface area contributed by atoms with Gasteiger partial charge in [0, 0.05) is 17.3 Å². The summed E-state index contributed by atoms with van der Waals surface area (Å²) in [6.07, 6.45) is 0. The molecule has 0 unspecified atom stereocenters. The minimum atomic E-state index is -0.417. The molecule has 5 nitrogen and oxygen atoms in total. The van der Waals surface area contributed by atoms with Crippen LogP contribution in [0, 0.1) is 5.82 Å². The summed E-state index contributed by atoms with van der Waals surface area (Å²) in [7, 11) is 0. The fourth-order valence-corrected chi connectivity index (χ4v) is 2.55. The first-order chi connectivity index (χ1) is 12.0. The number of nitrogens with zero attached hydrogens (tertiary/aromatic N) is 2. The Hall–Kier alpha value is -2.93. The highest BCUT2D eigenvalue weighted by Crippen LogP contribution is 2.23. The van der Waals surface area contributed by atoms with E-state index < -0.39 is 5.24 Å². The highest BCUT2D eigenvalue weighted by atomic mass is 32.1. The van der Waals surface area contributed by atoms with Gasteiger partial charge in [0.1, 0.15) is 5.82 Å². The average molecular weight is 355 g/mol. The van der Waals surface area contributed by atoms with Crippen LogP contribution in [0.2, 0.25) is 0 Å². The van der Waals surface area contributed by atoms with Crippen LogP contribution in [0.15, 0.2) is 65.5 Å². The fourth-order valence-electron chi connectivity index (χ4n) is 2.36. The van der Waals surface area contributed by atoms with E-state index in [1.54, 1.807) is 42.5 Å². The van der Waals surface area contributed by atoms with Crippen LogP contribution in [0.25, 0.3) is 11.3 Å². The summed E-state index contributed by atoms with van der Waals surface area (Å²) >= 11 is 3.92. The number of carbonyl (C=O) groups is 1. The number of hydrogen-bond acceptors (Lipinski definition) is 3. The van der Waals surface area contributed by atoms with Crippen molar-refractivity contribution in [2.45, 2.75) is 6.54 Å². The first kappa shape index (κ1) is 16.9. The highest BCUT2D eigenvalue weighted by molar-refractivity contribution is 7.96. The molecule has 0 fully saturated rings. The highest BCUT2D eigenvalue weighted by Gasteiger charge is 2.13. The molecule has 1 N–H and O–H groups in total. The monoisotopic (exact) mass is 355 g/mol. The van der Waals surface area contributed by atoms with Crippen LogP contribution >= 0.6 is 12.6 Å². The van der Waals surface area contributed by atoms with Crippen molar-refractivity contribution < 1.29 is 9.18 Å². The van der Waals surface area contributed by atoms with Crippen molar-refractivity contribution in [2.24, 2.45) is 0 Å². The van der Waals surface area contributed by atoms with Crippen LogP contribution in [0.4, 0.5) is 14.9 Å². The number of halogens is 1. The SMILES string of the molecule is O=C(S)N(Cc1ccc(F)cc1)c1ccc(-c2ccc(=O)[nH]n2)cc1. The fraction of sp³-hybridized carbons (Fsp3) is 0.0556. The first-order valence-electron chi connectivity index (χ1n) is 7.44. The smallest absolute Gasteiger partial charge is 0.283 e. The van der Waals surface area contributed by atoms with Gasteiger partial charge in [-0.3, -0.25) is 14.5 Å². The molecule has 0 aliphatic heterocycles. The quantitative estimate of drug-likeness (QED) is 0.703. The molecule has 0 spiro atoms. The van der Waals surface area contributed by atoms with Crippen molar-refractivity contribution >= 4 is 23.6 Å². The Morgan fingerprint density at radius 3 is 2.28 bits per heavy atom. The third-order valence-electron chi connectivity index (χ3n) is 3.64. The summed E-state index contributed by atoms with van der Waals surface area (Å²) < 4.78 is 13.0. The van der Waals surface area contributed by atoms with Gasteiger partial charge in [-0.15, -0.1) is 0 Å². The van der Waals surface area contributed by atoms with Crippen LogP contribution < -0.4 is 10.5 Å². The second kappa shape index (κ2) is 7.31. The number of aromatic nitrogens is 2. The van der Waals surface area contributed by atoms with E-state index in [0.29, 0.717) is 11.4 Å². The van der Waals surface area contributed by atoms with E-state index >= 15 is 0 Å². The maximum absolute atomic E-state index is 13.0. The molecule has 126 valence electrons. The molecule has 0 radical (unpaired) electrons. The van der Waals surface area contributed by atoms with Crippen LogP contribution in [-0.4, -0.2) is 15.4 Å². The molecule has 1 heterocycles. The molecule has 0 saturated carbocycles. The molecule has 0 saturated heterocycles. The Balaban J connectivity index is 1.84. The van der Waals surface area contributed by atoms with Gasteiger partial charge in [0.05, 0.1) is 12.2 Å². The van der Waals surface area contributed by atoms with E-state index in [1.807, 2.05) is 0 Å². The topological polar surface area (TPSA) is 66.1 Å². The Kier molecular flexibility index (Phi) is 4.95. The molecule has 1 aromatic heterocycles. The molecule has 3 aromatic rings. The molecule has 2 aromatic carbocycles. The lowest BCUT2D eigenvalue weighted by molar-refractivity contribution is 0.265. The Morgan fingerprint density at radius 1 is 1.04 bits per heavy atom. The van der Waals surface area contributed by atoms with E-state index in [-0.39, 0.29) is 17.9 Å². The molecule has 7 heteroatoms. The van der Waals surface area contributed by atoms with Gasteiger partial charge < -0.3 is 0 Å². The standard InChI is InChI=1S/C18H14FN3O2S/c19-14-5-1-12(2-6-14)11-22(18(24)25)15-7-3-13(4-8-15)16-9-10-17(23)21-20-16/h1-10H,11H2,(H,21,23)(H,24,25). The summed E-state index contributed by atoms with van der Waals surface area (Å²) in [5, 5.41) is 5.93. The van der Waals surface area contributed by atoms with Crippen molar-refractivity contribution in [1.29, 1.82) is 0 Å². The van der Waals surface area contributed by atoms with Crippen LogP contribution in [0.3, 0.4) is 0 Å². The molecule has 1 amide bonds. The number of hydrogen-bond donors (Lipinski definition) is 2. The molecule has 0 bridgehead atoms. The molecular weight excluding hydrogens is 341 g/mol. The van der Waals surface area contributed by atoms with Gasteiger partial charge in [-0.1, -0.05) is 36.9 Å². The van der Waals surface area contributed by atoms with Crippen LogP contribution in [-0.2, 0) is 6.54 Å². The number of H-pyrrole nitrogens is 1. The summed E-state index contributed by atoms with van der Waals surface area (Å²) in [4.78, 5) is 24.4. The zero-order valence-electron chi connectivity index (χ0n) is 13.0. The zero-order valence-corrected chi connectivity index (χ0v) is 13.9. The van der Waals surface area contributed by atoms with Crippen molar-refractivity contribution in [3.05, 3.63) is 82.4 Å². The Bertz CT molecular complexity index is 919. The first-order valence-corrected chi connectivity index (χ1v) is 7.89. The molecule has 3 rings (SSSR count). The van der Waals surface area contributed by atoms with Gasteiger partial charge in [0.2, 0.25) is 0 Å². The predicted octanol–water partition coefficient (Wildman–Crippen LogP) is 3.63. The number of benzene rings is 2. The minimum absolute atomic E-state index is 0.272. The number of nitrogens with one attached hydrogen (secondary N) is 1. The maximum Gasteiger partial charge on any atom is 0.283 e.